The van der Waals surface area contributed by atoms with Crippen LogP contribution < -0.4 is 9.47 Å². The van der Waals surface area contributed by atoms with Crippen LogP contribution >= 0.6 is 0 Å². The first-order valence-electron chi connectivity index (χ1n) is 11.8. The highest BCUT2D eigenvalue weighted by Crippen LogP contribution is 2.56. The van der Waals surface area contributed by atoms with Crippen LogP contribution in [0.4, 0.5) is 0 Å². The van der Waals surface area contributed by atoms with E-state index >= 15 is 0 Å². The Morgan fingerprint density at radius 2 is 1.60 bits per heavy atom. The molecule has 0 saturated carbocycles. The molecule has 166 valence electrons. The first-order valence-corrected chi connectivity index (χ1v) is 11.8. The van der Waals surface area contributed by atoms with E-state index in [0.29, 0.717) is 0 Å². The molecule has 7 rings (SSSR count). The number of rotatable bonds is 2. The highest BCUT2D eigenvalue weighted by atomic mass is 16.5. The van der Waals surface area contributed by atoms with Crippen LogP contribution in [0.15, 0.2) is 97.1 Å². The van der Waals surface area contributed by atoms with Crippen molar-refractivity contribution in [3.63, 3.8) is 0 Å². The molecule has 1 aliphatic heterocycles. The second-order valence-electron chi connectivity index (χ2n) is 9.24. The standard InChI is InChI=1S/C33H22O2/c1-3-17-34-30-14-8-12-26-25(30)15-16-31-32(26)21(2)20-33(35-31)28-13-7-6-11-24(28)27-18-22-9-4-5-10-23(22)19-29(27)33/h1,4-16,18-20H,17H2,2H3. The second-order valence-corrected chi connectivity index (χ2v) is 9.24. The van der Waals surface area contributed by atoms with Crippen LogP contribution in [0.25, 0.3) is 38.2 Å². The third kappa shape index (κ3) is 2.73. The molecular formula is C33H22O2. The maximum absolute atomic E-state index is 7.03. The van der Waals surface area contributed by atoms with Gasteiger partial charge in [-0.2, -0.15) is 0 Å². The Balaban J connectivity index is 1.49. The van der Waals surface area contributed by atoms with Crippen molar-refractivity contribution in [1.29, 1.82) is 0 Å². The highest BCUT2D eigenvalue weighted by Gasteiger charge is 2.46. The summed E-state index contributed by atoms with van der Waals surface area (Å²) in [6, 6.07) is 32.0. The number of fused-ring (bicyclic) bond motifs is 9. The molecule has 0 bridgehead atoms. The largest absolute Gasteiger partial charge is 0.480 e. The van der Waals surface area contributed by atoms with E-state index in [1.807, 2.05) is 12.1 Å². The lowest BCUT2D eigenvalue weighted by Crippen LogP contribution is -2.33. The summed E-state index contributed by atoms with van der Waals surface area (Å²) in [5.41, 5.74) is 6.45. The molecular weight excluding hydrogens is 428 g/mol. The summed E-state index contributed by atoms with van der Waals surface area (Å²) in [6.07, 6.45) is 7.72. The summed E-state index contributed by atoms with van der Waals surface area (Å²) in [7, 11) is 0. The molecule has 0 N–H and O–H groups in total. The third-order valence-electron chi connectivity index (χ3n) is 7.28. The number of terminal acetylenes is 1. The topological polar surface area (TPSA) is 18.5 Å². The number of hydrogen-bond acceptors (Lipinski definition) is 2. The number of hydrogen-bond donors (Lipinski definition) is 0. The van der Waals surface area contributed by atoms with Crippen molar-refractivity contribution in [3.8, 4) is 35.0 Å². The zero-order valence-electron chi connectivity index (χ0n) is 19.3. The summed E-state index contributed by atoms with van der Waals surface area (Å²) < 4.78 is 12.9. The molecule has 1 heterocycles. The molecule has 5 aromatic rings. The van der Waals surface area contributed by atoms with Gasteiger partial charge >= 0.3 is 0 Å². The zero-order chi connectivity index (χ0) is 23.6. The van der Waals surface area contributed by atoms with Gasteiger partial charge in [-0.05, 0) is 76.2 Å². The van der Waals surface area contributed by atoms with Gasteiger partial charge < -0.3 is 9.47 Å². The van der Waals surface area contributed by atoms with E-state index in [9.17, 15) is 0 Å². The lowest BCUT2D eigenvalue weighted by molar-refractivity contribution is 0.165. The number of benzene rings is 5. The first-order chi connectivity index (χ1) is 17.2. The molecule has 0 radical (unpaired) electrons. The monoisotopic (exact) mass is 450 g/mol. The Labute approximate surface area is 204 Å². The Morgan fingerprint density at radius 3 is 2.46 bits per heavy atom. The van der Waals surface area contributed by atoms with Gasteiger partial charge in [-0.3, -0.25) is 0 Å². The fraction of sp³-hybridized carbons (Fsp3) is 0.0909. The van der Waals surface area contributed by atoms with Crippen LogP contribution in [0, 0.1) is 12.3 Å². The molecule has 1 atom stereocenters. The SMILES string of the molecule is C#CCOc1cccc2c3c(ccc12)OC1(C=C3C)c2ccccc2-c2cc3ccccc3cc21. The number of allylic oxidation sites excluding steroid dienone is 1. The minimum atomic E-state index is -0.668. The zero-order valence-corrected chi connectivity index (χ0v) is 19.3. The Bertz CT molecular complexity index is 1750. The predicted octanol–water partition coefficient (Wildman–Crippen LogP) is 7.72. The summed E-state index contributed by atoms with van der Waals surface area (Å²) in [4.78, 5) is 0. The van der Waals surface area contributed by atoms with Crippen LogP contribution in [0.3, 0.4) is 0 Å². The molecule has 2 aliphatic rings. The quantitative estimate of drug-likeness (QED) is 0.256. The maximum atomic E-state index is 7.03. The van der Waals surface area contributed by atoms with Crippen molar-refractivity contribution in [2.24, 2.45) is 0 Å². The Kier molecular flexibility index (Phi) is 4.13. The molecule has 1 spiro atoms. The minimum absolute atomic E-state index is 0.242. The van der Waals surface area contributed by atoms with Gasteiger partial charge in [-0.25, -0.2) is 0 Å². The van der Waals surface area contributed by atoms with Gasteiger partial charge in [0, 0.05) is 22.1 Å². The molecule has 35 heavy (non-hydrogen) atoms. The van der Waals surface area contributed by atoms with Gasteiger partial charge in [-0.15, -0.1) is 6.42 Å². The Morgan fingerprint density at radius 1 is 0.800 bits per heavy atom. The van der Waals surface area contributed by atoms with Gasteiger partial charge in [-0.1, -0.05) is 66.6 Å². The second kappa shape index (κ2) is 7.26. The van der Waals surface area contributed by atoms with Crippen molar-refractivity contribution in [2.45, 2.75) is 12.5 Å². The van der Waals surface area contributed by atoms with Crippen LogP contribution in [0.2, 0.25) is 0 Å². The average Bonchev–Trinajstić information content (AvgIpc) is 3.14. The molecule has 0 saturated heterocycles. The van der Waals surface area contributed by atoms with Crippen molar-refractivity contribution < 1.29 is 9.47 Å². The van der Waals surface area contributed by atoms with Crippen LogP contribution in [-0.2, 0) is 5.60 Å². The van der Waals surface area contributed by atoms with E-state index in [2.05, 4.69) is 97.8 Å². The molecule has 1 unspecified atom stereocenters. The van der Waals surface area contributed by atoms with Crippen molar-refractivity contribution >= 4 is 27.1 Å². The van der Waals surface area contributed by atoms with Crippen LogP contribution in [-0.4, -0.2) is 6.61 Å². The first kappa shape index (κ1) is 19.9. The molecule has 0 aromatic heterocycles. The molecule has 1 aliphatic carbocycles. The fourth-order valence-electron chi connectivity index (χ4n) is 5.85. The van der Waals surface area contributed by atoms with Crippen molar-refractivity contribution in [3.05, 3.63) is 114 Å². The lowest BCUT2D eigenvalue weighted by Gasteiger charge is -2.36. The van der Waals surface area contributed by atoms with E-state index in [1.165, 1.54) is 38.6 Å². The van der Waals surface area contributed by atoms with Crippen LogP contribution in [0.5, 0.6) is 11.5 Å². The third-order valence-corrected chi connectivity index (χ3v) is 7.28. The van der Waals surface area contributed by atoms with Crippen LogP contribution in [0.1, 0.15) is 23.6 Å². The van der Waals surface area contributed by atoms with Crippen molar-refractivity contribution in [2.75, 3.05) is 6.61 Å². The van der Waals surface area contributed by atoms with E-state index in [-0.39, 0.29) is 6.61 Å². The molecule has 5 aromatic carbocycles. The van der Waals surface area contributed by atoms with Crippen molar-refractivity contribution in [1.82, 2.24) is 0 Å². The van der Waals surface area contributed by atoms with E-state index in [1.54, 1.807) is 0 Å². The minimum Gasteiger partial charge on any atom is -0.480 e. The molecule has 2 nitrogen and oxygen atoms in total. The predicted molar refractivity (Wildman–Crippen MR) is 143 cm³/mol. The summed E-state index contributed by atoms with van der Waals surface area (Å²) in [5.74, 6) is 4.23. The molecule has 0 fully saturated rings. The average molecular weight is 451 g/mol. The van der Waals surface area contributed by atoms with Gasteiger partial charge in [0.2, 0.25) is 0 Å². The molecule has 2 heteroatoms. The smallest absolute Gasteiger partial charge is 0.179 e. The highest BCUT2D eigenvalue weighted by molar-refractivity contribution is 6.01. The molecule has 0 amide bonds. The summed E-state index contributed by atoms with van der Waals surface area (Å²) in [5, 5.41) is 4.59. The fourth-order valence-corrected chi connectivity index (χ4v) is 5.85. The lowest BCUT2D eigenvalue weighted by atomic mass is 9.83. The van der Waals surface area contributed by atoms with Gasteiger partial charge in [0.25, 0.3) is 0 Å². The van der Waals surface area contributed by atoms with Gasteiger partial charge in [0.1, 0.15) is 18.1 Å². The Hall–Kier alpha value is -4.48. The normalized spacial score (nSPS) is 17.3. The summed E-state index contributed by atoms with van der Waals surface area (Å²) in [6.45, 7) is 2.42. The van der Waals surface area contributed by atoms with E-state index in [0.717, 1.165) is 27.8 Å². The van der Waals surface area contributed by atoms with E-state index < -0.39 is 5.60 Å². The van der Waals surface area contributed by atoms with Gasteiger partial charge in [0.05, 0.1) is 0 Å². The summed E-state index contributed by atoms with van der Waals surface area (Å²) >= 11 is 0. The number of ether oxygens (including phenoxy) is 2. The van der Waals surface area contributed by atoms with E-state index in [4.69, 9.17) is 15.9 Å². The van der Waals surface area contributed by atoms with Gasteiger partial charge in [0.15, 0.2) is 5.60 Å². The maximum Gasteiger partial charge on any atom is 0.179 e.